The monoisotopic (exact) mass is 511 g/mol. The lowest BCUT2D eigenvalue weighted by atomic mass is 10.1. The molecule has 1 fully saturated rings. The molecule has 0 spiro atoms. The number of anilines is 3. The fraction of sp³-hybridized carbons (Fsp3) is 0.440. The van der Waals surface area contributed by atoms with Crippen LogP contribution in [-0.4, -0.2) is 71.7 Å². The molecule has 1 aliphatic rings. The first-order chi connectivity index (χ1) is 17.4. The van der Waals surface area contributed by atoms with Gasteiger partial charge in [-0.1, -0.05) is 0 Å². The number of ether oxygens (including phenoxy) is 1. The molecule has 11 heteroatoms. The minimum atomic E-state index is -0.213. The van der Waals surface area contributed by atoms with E-state index in [1.165, 1.54) is 0 Å². The number of fused-ring (bicyclic) bond motifs is 1. The molecule has 0 radical (unpaired) electrons. The Hall–Kier alpha value is -3.44. The Balaban J connectivity index is 1.34. The predicted octanol–water partition coefficient (Wildman–Crippen LogP) is 3.81. The van der Waals surface area contributed by atoms with Crippen molar-refractivity contribution in [3.63, 3.8) is 0 Å². The highest BCUT2D eigenvalue weighted by Crippen LogP contribution is 2.26. The van der Waals surface area contributed by atoms with Gasteiger partial charge in [0.15, 0.2) is 0 Å². The third kappa shape index (κ3) is 6.82. The molecule has 3 amide bonds. The minimum Gasteiger partial charge on any atom is -0.382 e. The van der Waals surface area contributed by atoms with Crippen molar-refractivity contribution in [1.29, 1.82) is 0 Å². The molecule has 1 aliphatic heterocycles. The van der Waals surface area contributed by atoms with Gasteiger partial charge in [-0.2, -0.15) is 0 Å². The number of carbonyl (C=O) groups is 2. The quantitative estimate of drug-likeness (QED) is 0.345. The summed E-state index contributed by atoms with van der Waals surface area (Å²) in [6, 6.07) is 7.76. The fourth-order valence-electron chi connectivity index (χ4n) is 3.85. The zero-order chi connectivity index (χ0) is 25.5. The summed E-state index contributed by atoms with van der Waals surface area (Å²) >= 11 is 1.58. The van der Waals surface area contributed by atoms with Crippen molar-refractivity contribution in [2.24, 2.45) is 0 Å². The number of nitrogens with zero attached hydrogens (tertiary/aromatic N) is 3. The molecular weight excluding hydrogens is 478 g/mol. The lowest BCUT2D eigenvalue weighted by molar-refractivity contribution is 0.0525. The summed E-state index contributed by atoms with van der Waals surface area (Å²) in [6.45, 7) is 8.72. The van der Waals surface area contributed by atoms with E-state index in [0.29, 0.717) is 56.3 Å². The van der Waals surface area contributed by atoms with Gasteiger partial charge >= 0.3 is 6.03 Å². The fourth-order valence-corrected chi connectivity index (χ4v) is 4.57. The largest absolute Gasteiger partial charge is 0.382 e. The van der Waals surface area contributed by atoms with Crippen molar-refractivity contribution in [3.05, 3.63) is 41.5 Å². The number of hydrogen-bond donors (Lipinski definition) is 4. The Morgan fingerprint density at radius 1 is 1.14 bits per heavy atom. The second kappa shape index (κ2) is 12.0. The van der Waals surface area contributed by atoms with E-state index in [-0.39, 0.29) is 24.0 Å². The van der Waals surface area contributed by atoms with Crippen LogP contribution in [0.25, 0.3) is 10.2 Å². The number of nitrogens with one attached hydrogen (secondary N) is 4. The number of rotatable bonds is 9. The van der Waals surface area contributed by atoms with Crippen LogP contribution in [0.15, 0.2) is 36.0 Å². The zero-order valence-corrected chi connectivity index (χ0v) is 21.7. The Bertz CT molecular complexity index is 1190. The van der Waals surface area contributed by atoms with Crippen LogP contribution < -0.4 is 21.3 Å². The Morgan fingerprint density at radius 2 is 1.94 bits per heavy atom. The summed E-state index contributed by atoms with van der Waals surface area (Å²) in [4.78, 5) is 35.8. The van der Waals surface area contributed by atoms with Crippen LogP contribution in [0, 0.1) is 0 Å². The average Bonchev–Trinajstić information content (AvgIpc) is 3.32. The molecule has 0 saturated carbocycles. The number of aromatic nitrogens is 2. The van der Waals surface area contributed by atoms with E-state index in [9.17, 15) is 9.59 Å². The van der Waals surface area contributed by atoms with Crippen molar-refractivity contribution in [3.8, 4) is 0 Å². The zero-order valence-electron chi connectivity index (χ0n) is 20.8. The maximum Gasteiger partial charge on any atom is 0.317 e. The van der Waals surface area contributed by atoms with Crippen LogP contribution in [-0.2, 0) is 4.74 Å². The Kier molecular flexibility index (Phi) is 8.55. The molecule has 192 valence electrons. The lowest BCUT2D eigenvalue weighted by Gasteiger charge is -2.28. The highest BCUT2D eigenvalue weighted by Gasteiger charge is 2.19. The number of pyridine rings is 1. The molecule has 3 aromatic rings. The van der Waals surface area contributed by atoms with Gasteiger partial charge in [0.25, 0.3) is 5.91 Å². The van der Waals surface area contributed by atoms with Crippen molar-refractivity contribution in [2.45, 2.75) is 39.3 Å². The first-order valence-corrected chi connectivity index (χ1v) is 13.1. The summed E-state index contributed by atoms with van der Waals surface area (Å²) in [6.07, 6.45) is 2.19. The van der Waals surface area contributed by atoms with Crippen LogP contribution in [0.1, 0.15) is 37.6 Å². The molecule has 2 aromatic heterocycles. The number of benzene rings is 1. The molecule has 0 unspecified atom stereocenters. The lowest BCUT2D eigenvalue weighted by Crippen LogP contribution is -2.49. The van der Waals surface area contributed by atoms with Gasteiger partial charge in [0.2, 0.25) is 0 Å². The third-order valence-corrected chi connectivity index (χ3v) is 6.52. The van der Waals surface area contributed by atoms with Crippen molar-refractivity contribution in [2.75, 3.05) is 43.5 Å². The number of amides is 3. The van der Waals surface area contributed by atoms with E-state index in [2.05, 4.69) is 31.2 Å². The van der Waals surface area contributed by atoms with Gasteiger partial charge in [-0.05, 0) is 45.4 Å². The SMILES string of the molecule is CC(C)Nc1cc(Nc2ccc3ncsc3c2)ncc1C(=O)NCC[C@@H](C)NC(=O)N1CCOCC1. The van der Waals surface area contributed by atoms with Crippen LogP contribution >= 0.6 is 11.3 Å². The molecule has 4 N–H and O–H groups in total. The Labute approximate surface area is 214 Å². The molecule has 4 rings (SSSR count). The molecule has 1 atom stereocenters. The molecule has 36 heavy (non-hydrogen) atoms. The van der Waals surface area contributed by atoms with Gasteiger partial charge in [-0.25, -0.2) is 14.8 Å². The number of hydrogen-bond acceptors (Lipinski definition) is 8. The number of carbonyl (C=O) groups excluding carboxylic acids is 2. The predicted molar refractivity (Wildman–Crippen MR) is 143 cm³/mol. The molecule has 0 aliphatic carbocycles. The third-order valence-electron chi connectivity index (χ3n) is 5.73. The van der Waals surface area contributed by atoms with Crippen molar-refractivity contribution >= 4 is 50.7 Å². The van der Waals surface area contributed by atoms with Gasteiger partial charge in [0.05, 0.1) is 40.2 Å². The number of thiazole rings is 1. The summed E-state index contributed by atoms with van der Waals surface area (Å²) in [5, 5.41) is 12.6. The molecule has 1 saturated heterocycles. The van der Waals surface area contributed by atoms with Gasteiger partial charge in [0.1, 0.15) is 5.82 Å². The molecule has 10 nitrogen and oxygen atoms in total. The van der Waals surface area contributed by atoms with E-state index < -0.39 is 0 Å². The normalized spacial score (nSPS) is 14.5. The average molecular weight is 512 g/mol. The van der Waals surface area contributed by atoms with Gasteiger partial charge in [-0.15, -0.1) is 11.3 Å². The van der Waals surface area contributed by atoms with E-state index in [1.807, 2.05) is 50.5 Å². The summed E-state index contributed by atoms with van der Waals surface area (Å²) < 4.78 is 6.38. The van der Waals surface area contributed by atoms with E-state index in [0.717, 1.165) is 15.9 Å². The summed E-state index contributed by atoms with van der Waals surface area (Å²) in [5.74, 6) is 0.424. The summed E-state index contributed by atoms with van der Waals surface area (Å²) in [7, 11) is 0. The topological polar surface area (TPSA) is 121 Å². The van der Waals surface area contributed by atoms with E-state index in [1.54, 1.807) is 22.4 Å². The maximum atomic E-state index is 13.0. The first kappa shape index (κ1) is 25.6. The highest BCUT2D eigenvalue weighted by molar-refractivity contribution is 7.16. The minimum absolute atomic E-state index is 0.0745. The van der Waals surface area contributed by atoms with Crippen molar-refractivity contribution in [1.82, 2.24) is 25.5 Å². The number of urea groups is 1. The van der Waals surface area contributed by atoms with Gasteiger partial charge in [-0.3, -0.25) is 4.79 Å². The van der Waals surface area contributed by atoms with Crippen LogP contribution in [0.2, 0.25) is 0 Å². The highest BCUT2D eigenvalue weighted by atomic mass is 32.1. The van der Waals surface area contributed by atoms with Crippen molar-refractivity contribution < 1.29 is 14.3 Å². The maximum absolute atomic E-state index is 13.0. The van der Waals surface area contributed by atoms with Gasteiger partial charge in [0, 0.05) is 49.7 Å². The molecule has 0 bridgehead atoms. The first-order valence-electron chi connectivity index (χ1n) is 12.2. The van der Waals surface area contributed by atoms with Crippen LogP contribution in [0.3, 0.4) is 0 Å². The molecular formula is C25H33N7O3S. The molecule has 1 aromatic carbocycles. The Morgan fingerprint density at radius 3 is 2.72 bits per heavy atom. The standard InChI is InChI=1S/C25H33N7O3S/c1-16(2)29-21-13-23(31-18-4-5-20-22(12-18)36-15-28-20)27-14-19(21)24(33)26-7-6-17(3)30-25(34)32-8-10-35-11-9-32/h4-5,12-17H,6-11H2,1-3H3,(H,26,33)(H,30,34)(H2,27,29,31)/t17-/m1/s1. The smallest absolute Gasteiger partial charge is 0.317 e. The van der Waals surface area contributed by atoms with E-state index >= 15 is 0 Å². The summed E-state index contributed by atoms with van der Waals surface area (Å²) in [5.41, 5.74) is 4.86. The molecule has 3 heterocycles. The second-order valence-electron chi connectivity index (χ2n) is 9.07. The van der Waals surface area contributed by atoms with Crippen LogP contribution in [0.4, 0.5) is 22.0 Å². The van der Waals surface area contributed by atoms with Crippen LogP contribution in [0.5, 0.6) is 0 Å². The second-order valence-corrected chi connectivity index (χ2v) is 9.95. The van der Waals surface area contributed by atoms with E-state index in [4.69, 9.17) is 4.74 Å². The number of morpholine rings is 1. The van der Waals surface area contributed by atoms with Gasteiger partial charge < -0.3 is 30.9 Å².